The maximum absolute atomic E-state index is 13.4. The highest BCUT2D eigenvalue weighted by molar-refractivity contribution is 6.29. The van der Waals surface area contributed by atoms with Gasteiger partial charge in [-0.3, -0.25) is 29.3 Å². The Kier molecular flexibility index (Phi) is 13.4. The van der Waals surface area contributed by atoms with E-state index < -0.39 is 6.03 Å². The summed E-state index contributed by atoms with van der Waals surface area (Å²) in [6.45, 7) is 6.85. The fourth-order valence-corrected chi connectivity index (χ4v) is 6.32. The van der Waals surface area contributed by atoms with E-state index in [2.05, 4.69) is 37.8 Å². The second-order valence-corrected chi connectivity index (χ2v) is 13.2. The number of rotatable bonds is 7. The third-order valence-corrected chi connectivity index (χ3v) is 9.18. The van der Waals surface area contributed by atoms with Crippen molar-refractivity contribution in [1.82, 2.24) is 20.2 Å². The number of imide groups is 1. The van der Waals surface area contributed by atoms with Gasteiger partial charge in [0.1, 0.15) is 10.8 Å². The van der Waals surface area contributed by atoms with Gasteiger partial charge in [-0.2, -0.15) is 0 Å². The first-order valence-corrected chi connectivity index (χ1v) is 18.1. The molecule has 4 heterocycles. The van der Waals surface area contributed by atoms with E-state index in [1.807, 2.05) is 24.0 Å². The Morgan fingerprint density at radius 1 is 0.855 bits per heavy atom. The van der Waals surface area contributed by atoms with Gasteiger partial charge in [0.25, 0.3) is 5.91 Å². The van der Waals surface area contributed by atoms with Crippen LogP contribution in [0.3, 0.4) is 0 Å². The van der Waals surface area contributed by atoms with Crippen molar-refractivity contribution in [3.63, 3.8) is 0 Å². The first-order chi connectivity index (χ1) is 26.4. The van der Waals surface area contributed by atoms with E-state index in [1.54, 1.807) is 53.4 Å². The van der Waals surface area contributed by atoms with Gasteiger partial charge >= 0.3 is 6.03 Å². The van der Waals surface area contributed by atoms with E-state index in [9.17, 15) is 28.8 Å². The van der Waals surface area contributed by atoms with Crippen molar-refractivity contribution >= 4 is 64.0 Å². The molecular weight excluding hydrogens is 722 g/mol. The molecule has 0 bridgehead atoms. The van der Waals surface area contributed by atoms with Crippen LogP contribution in [0, 0.1) is 17.8 Å². The first-order valence-electron chi connectivity index (χ1n) is 17.7. The normalized spacial score (nSPS) is 15.0. The van der Waals surface area contributed by atoms with Crippen LogP contribution < -0.4 is 20.9 Å². The van der Waals surface area contributed by atoms with E-state index in [1.165, 1.54) is 32.3 Å². The molecule has 0 spiro atoms. The number of halogens is 1. The summed E-state index contributed by atoms with van der Waals surface area (Å²) in [6.07, 6.45) is 5.09. The molecule has 1 atom stereocenters. The van der Waals surface area contributed by atoms with Gasteiger partial charge in [0.15, 0.2) is 11.6 Å². The summed E-state index contributed by atoms with van der Waals surface area (Å²) in [6, 6.07) is 18.3. The zero-order valence-electron chi connectivity index (χ0n) is 30.6. The van der Waals surface area contributed by atoms with E-state index in [-0.39, 0.29) is 40.4 Å². The molecule has 2 aromatic carbocycles. The van der Waals surface area contributed by atoms with E-state index >= 15 is 0 Å². The maximum Gasteiger partial charge on any atom is 0.323 e. The SMILES string of the molecule is CC(=O)c1cccc(N2CCN(C(=O)c3cccc(C#Cc4cc(NC(=O)Nc5ccnc(Cl)c5)ccn4)c3)CC2)c1C(C)=O.CCC1CCC(=O)NC1=O. The Morgan fingerprint density at radius 2 is 1.55 bits per heavy atom. The van der Waals surface area contributed by atoms with Crippen molar-refractivity contribution < 1.29 is 28.8 Å². The van der Waals surface area contributed by atoms with Crippen LogP contribution in [0.4, 0.5) is 21.9 Å². The first kappa shape index (κ1) is 39.8. The van der Waals surface area contributed by atoms with Crippen LogP contribution in [0.2, 0.25) is 5.15 Å². The van der Waals surface area contributed by atoms with Crippen molar-refractivity contribution in [3.05, 3.63) is 112 Å². The van der Waals surface area contributed by atoms with E-state index in [0.717, 1.165) is 12.8 Å². The number of carbonyl (C=O) groups excluding carboxylic acids is 6. The fraction of sp³-hybridized carbons (Fsp3) is 0.268. The molecule has 55 heavy (non-hydrogen) atoms. The number of aromatic nitrogens is 2. The predicted molar refractivity (Wildman–Crippen MR) is 209 cm³/mol. The number of nitrogens with zero attached hydrogens (tertiary/aromatic N) is 4. The number of pyridine rings is 2. The zero-order valence-corrected chi connectivity index (χ0v) is 31.4. The van der Waals surface area contributed by atoms with Crippen LogP contribution in [-0.2, 0) is 9.59 Å². The third kappa shape index (κ3) is 10.8. The number of urea groups is 1. The molecule has 2 aliphatic rings. The van der Waals surface area contributed by atoms with Crippen molar-refractivity contribution in [3.8, 4) is 11.8 Å². The Balaban J connectivity index is 0.000000504. The summed E-state index contributed by atoms with van der Waals surface area (Å²) >= 11 is 5.87. The second-order valence-electron chi connectivity index (χ2n) is 12.9. The van der Waals surface area contributed by atoms with Gasteiger partial charge in [-0.1, -0.05) is 42.6 Å². The summed E-state index contributed by atoms with van der Waals surface area (Å²) in [5, 5.41) is 7.98. The van der Waals surface area contributed by atoms with Crippen molar-refractivity contribution in [2.45, 2.75) is 40.0 Å². The number of hydrogen-bond donors (Lipinski definition) is 3. The summed E-state index contributed by atoms with van der Waals surface area (Å²) in [5.74, 6) is 5.43. The lowest BCUT2D eigenvalue weighted by Crippen LogP contribution is -2.49. The number of piperidine rings is 1. The number of piperazine rings is 1. The molecule has 14 heteroatoms. The molecule has 3 N–H and O–H groups in total. The van der Waals surface area contributed by atoms with Gasteiger partial charge < -0.3 is 20.4 Å². The molecule has 0 saturated carbocycles. The quantitative estimate of drug-likeness (QED) is 0.0886. The summed E-state index contributed by atoms with van der Waals surface area (Å²) < 4.78 is 0. The zero-order chi connectivity index (χ0) is 39.5. The number of amides is 5. The predicted octanol–water partition coefficient (Wildman–Crippen LogP) is 5.99. The number of benzene rings is 2. The van der Waals surface area contributed by atoms with Gasteiger partial charge in [-0.25, -0.2) is 14.8 Å². The van der Waals surface area contributed by atoms with Gasteiger partial charge in [0.05, 0.1) is 5.56 Å². The number of carbonyl (C=O) groups is 6. The number of ketones is 2. The number of nitrogens with one attached hydrogen (secondary N) is 3. The molecule has 0 aliphatic carbocycles. The highest BCUT2D eigenvalue weighted by Gasteiger charge is 2.26. The number of Topliss-reactive ketones (excluding diaryl/α,β-unsaturated/α-hetero) is 2. The average Bonchev–Trinajstić information content (AvgIpc) is 3.17. The lowest BCUT2D eigenvalue weighted by molar-refractivity contribution is -0.136. The van der Waals surface area contributed by atoms with Gasteiger partial charge in [-0.15, -0.1) is 0 Å². The van der Waals surface area contributed by atoms with Crippen molar-refractivity contribution in [2.75, 3.05) is 41.7 Å². The molecule has 2 saturated heterocycles. The van der Waals surface area contributed by atoms with E-state index in [4.69, 9.17) is 11.6 Å². The minimum absolute atomic E-state index is 0.0673. The van der Waals surface area contributed by atoms with Crippen LogP contribution in [0.25, 0.3) is 0 Å². The van der Waals surface area contributed by atoms with Crippen LogP contribution in [0.5, 0.6) is 0 Å². The van der Waals surface area contributed by atoms with E-state index in [0.29, 0.717) is 77.6 Å². The van der Waals surface area contributed by atoms with Crippen LogP contribution >= 0.6 is 11.6 Å². The summed E-state index contributed by atoms with van der Waals surface area (Å²) in [5.41, 5.74) is 4.13. The topological polar surface area (TPSA) is 171 Å². The van der Waals surface area contributed by atoms with Crippen LogP contribution in [-0.4, -0.2) is 76.4 Å². The molecule has 2 aromatic heterocycles. The molecule has 0 radical (unpaired) electrons. The third-order valence-electron chi connectivity index (χ3n) is 8.97. The van der Waals surface area contributed by atoms with Crippen molar-refractivity contribution in [2.24, 2.45) is 5.92 Å². The molecule has 13 nitrogen and oxygen atoms in total. The molecule has 2 aliphatic heterocycles. The molecular formula is C41H40ClN7O6. The lowest BCUT2D eigenvalue weighted by Gasteiger charge is -2.37. The molecule has 2 fully saturated rings. The highest BCUT2D eigenvalue weighted by atomic mass is 35.5. The summed E-state index contributed by atoms with van der Waals surface area (Å²) in [4.78, 5) is 83.8. The highest BCUT2D eigenvalue weighted by Crippen LogP contribution is 2.27. The minimum Gasteiger partial charge on any atom is -0.367 e. The fourth-order valence-electron chi connectivity index (χ4n) is 6.14. The number of anilines is 3. The van der Waals surface area contributed by atoms with Gasteiger partial charge in [0.2, 0.25) is 11.8 Å². The number of hydrogen-bond acceptors (Lipinski definition) is 9. The molecule has 5 amide bonds. The van der Waals surface area contributed by atoms with Crippen LogP contribution in [0.15, 0.2) is 79.1 Å². The molecule has 4 aromatic rings. The molecule has 282 valence electrons. The lowest BCUT2D eigenvalue weighted by atomic mass is 9.96. The Hall–Kier alpha value is -6.39. The maximum atomic E-state index is 13.4. The van der Waals surface area contributed by atoms with Gasteiger partial charge in [-0.05, 0) is 81.1 Å². The smallest absolute Gasteiger partial charge is 0.323 e. The molecule has 1 unspecified atom stereocenters. The summed E-state index contributed by atoms with van der Waals surface area (Å²) in [7, 11) is 0. The monoisotopic (exact) mass is 761 g/mol. The average molecular weight is 762 g/mol. The Labute approximate surface area is 323 Å². The standard InChI is InChI=1S/C34H29ClN6O4.C7H11NO2/c1-22(42)29-7-4-8-30(32(29)23(2)43)40-15-17-41(18-16-40)33(44)25-6-3-5-24(19-25)9-10-26-20-27(11-13-36-26)38-34(45)39-28-12-14-37-31(35)21-28;1-2-5-3-4-6(9)8-7(5)10/h3-8,11-14,19-21H,15-18H2,1-2H3,(H2,36,37,38,39,45);5H,2-4H2,1H3,(H,8,9,10). The van der Waals surface area contributed by atoms with Gasteiger partial charge in [0, 0.05) is 84.7 Å². The van der Waals surface area contributed by atoms with Crippen LogP contribution in [0.1, 0.15) is 82.4 Å². The second kappa shape index (κ2) is 18.6. The minimum atomic E-state index is -0.460. The molecule has 6 rings (SSSR count). The Bertz CT molecular complexity index is 2190. The van der Waals surface area contributed by atoms with Crippen molar-refractivity contribution in [1.29, 1.82) is 0 Å². The largest absolute Gasteiger partial charge is 0.367 e. The Morgan fingerprint density at radius 3 is 2.20 bits per heavy atom.